The van der Waals surface area contributed by atoms with Gasteiger partial charge in [-0.2, -0.15) is 0 Å². The first-order chi connectivity index (χ1) is 9.62. The monoisotopic (exact) mass is 278 g/mol. The Morgan fingerprint density at radius 2 is 1.45 bits per heavy atom. The number of carbonyl (C=O) groups excluding carboxylic acids is 2. The lowest BCUT2D eigenvalue weighted by atomic mass is 9.50. The maximum atomic E-state index is 12.1. The molecule has 0 N–H and O–H groups in total. The Morgan fingerprint density at radius 1 is 0.900 bits per heavy atom. The van der Waals surface area contributed by atoms with Crippen molar-refractivity contribution in [3.05, 3.63) is 11.6 Å². The zero-order valence-electron chi connectivity index (χ0n) is 12.1. The van der Waals surface area contributed by atoms with E-state index in [-0.39, 0.29) is 11.9 Å². The van der Waals surface area contributed by atoms with Crippen molar-refractivity contribution in [2.24, 2.45) is 29.6 Å². The Hall–Kier alpha value is -1.32. The predicted octanol–water partition coefficient (Wildman–Crippen LogP) is 2.33. The fourth-order valence-corrected chi connectivity index (χ4v) is 5.03. The van der Waals surface area contributed by atoms with Crippen LogP contribution in [0.2, 0.25) is 0 Å². The van der Waals surface area contributed by atoms with Crippen molar-refractivity contribution in [1.29, 1.82) is 0 Å². The highest BCUT2D eigenvalue weighted by Gasteiger charge is 2.50. The molecule has 0 radical (unpaired) electrons. The minimum absolute atomic E-state index is 0.189. The van der Waals surface area contributed by atoms with Crippen LogP contribution in [0.4, 0.5) is 0 Å². The van der Waals surface area contributed by atoms with E-state index < -0.39 is 5.97 Å². The predicted molar refractivity (Wildman–Crippen MR) is 72.7 cm³/mol. The second kappa shape index (κ2) is 5.23. The van der Waals surface area contributed by atoms with E-state index in [0.29, 0.717) is 17.4 Å². The molecule has 110 valence electrons. The van der Waals surface area contributed by atoms with E-state index in [1.807, 2.05) is 0 Å². The highest BCUT2D eigenvalue weighted by Crippen LogP contribution is 2.58. The molecule has 4 rings (SSSR count). The molecule has 0 amide bonds. The third-order valence-electron chi connectivity index (χ3n) is 5.48. The number of methoxy groups -OCH3 is 2. The van der Waals surface area contributed by atoms with Crippen LogP contribution in [-0.2, 0) is 19.1 Å². The Morgan fingerprint density at radius 3 is 1.90 bits per heavy atom. The van der Waals surface area contributed by atoms with Crippen molar-refractivity contribution in [2.75, 3.05) is 14.2 Å². The molecule has 4 saturated carbocycles. The standard InChI is InChI=1S/C16H22O4/c1-19-14(17)8-13(16(18)20-2)15-11-4-9-3-10(6-11)7-12(15)5-9/h8-12,15H,3-7H2,1-2H3/b13-8+. The topological polar surface area (TPSA) is 52.6 Å². The van der Waals surface area contributed by atoms with Gasteiger partial charge in [0, 0.05) is 11.6 Å². The molecule has 0 aromatic rings. The van der Waals surface area contributed by atoms with Gasteiger partial charge in [-0.1, -0.05) is 0 Å². The van der Waals surface area contributed by atoms with Gasteiger partial charge in [-0.05, 0) is 61.7 Å². The van der Waals surface area contributed by atoms with Crippen LogP contribution >= 0.6 is 0 Å². The quantitative estimate of drug-likeness (QED) is 0.587. The van der Waals surface area contributed by atoms with E-state index in [4.69, 9.17) is 9.47 Å². The minimum Gasteiger partial charge on any atom is -0.466 e. The maximum absolute atomic E-state index is 12.1. The number of esters is 2. The third kappa shape index (κ3) is 2.25. The molecule has 0 saturated heterocycles. The number of hydrogen-bond donors (Lipinski definition) is 0. The van der Waals surface area contributed by atoms with Gasteiger partial charge in [0.25, 0.3) is 0 Å². The summed E-state index contributed by atoms with van der Waals surface area (Å²) in [7, 11) is 2.72. The first kappa shape index (κ1) is 13.7. The third-order valence-corrected chi connectivity index (χ3v) is 5.48. The molecule has 0 aromatic carbocycles. The molecule has 4 heteroatoms. The van der Waals surface area contributed by atoms with Crippen LogP contribution in [0.15, 0.2) is 11.6 Å². The summed E-state index contributed by atoms with van der Waals surface area (Å²) >= 11 is 0. The fourth-order valence-electron chi connectivity index (χ4n) is 5.03. The van der Waals surface area contributed by atoms with Crippen molar-refractivity contribution in [1.82, 2.24) is 0 Å². The van der Waals surface area contributed by atoms with Crippen LogP contribution in [0.5, 0.6) is 0 Å². The van der Waals surface area contributed by atoms with Crippen molar-refractivity contribution in [3.8, 4) is 0 Å². The van der Waals surface area contributed by atoms with E-state index in [1.54, 1.807) is 0 Å². The zero-order valence-corrected chi connectivity index (χ0v) is 12.1. The average Bonchev–Trinajstić information content (AvgIpc) is 2.43. The van der Waals surface area contributed by atoms with E-state index in [2.05, 4.69) is 0 Å². The van der Waals surface area contributed by atoms with Crippen LogP contribution < -0.4 is 0 Å². The summed E-state index contributed by atoms with van der Waals surface area (Å²) in [5, 5.41) is 0. The molecule has 0 spiro atoms. The van der Waals surface area contributed by atoms with Gasteiger partial charge >= 0.3 is 11.9 Å². The summed E-state index contributed by atoms with van der Waals surface area (Å²) in [5.74, 6) is 2.13. The van der Waals surface area contributed by atoms with Crippen LogP contribution in [-0.4, -0.2) is 26.2 Å². The lowest BCUT2D eigenvalue weighted by molar-refractivity contribution is -0.140. The number of carbonyl (C=O) groups is 2. The van der Waals surface area contributed by atoms with Crippen LogP contribution in [0.3, 0.4) is 0 Å². The molecule has 4 aliphatic carbocycles. The minimum atomic E-state index is -0.459. The van der Waals surface area contributed by atoms with Gasteiger partial charge in [0.05, 0.1) is 14.2 Å². The molecule has 4 aliphatic rings. The summed E-state index contributed by atoms with van der Waals surface area (Å²) in [6.45, 7) is 0. The van der Waals surface area contributed by atoms with Gasteiger partial charge < -0.3 is 9.47 Å². The van der Waals surface area contributed by atoms with Gasteiger partial charge in [0.1, 0.15) is 0 Å². The first-order valence-corrected chi connectivity index (χ1v) is 7.50. The van der Waals surface area contributed by atoms with Gasteiger partial charge in [0.15, 0.2) is 0 Å². The first-order valence-electron chi connectivity index (χ1n) is 7.50. The van der Waals surface area contributed by atoms with Gasteiger partial charge in [-0.25, -0.2) is 9.59 Å². The molecule has 4 nitrogen and oxygen atoms in total. The number of ether oxygens (including phenoxy) is 2. The Labute approximate surface area is 119 Å². The van der Waals surface area contributed by atoms with Crippen molar-refractivity contribution >= 4 is 11.9 Å². The summed E-state index contributed by atoms with van der Waals surface area (Å²) in [4.78, 5) is 23.7. The Balaban J connectivity index is 1.89. The SMILES string of the molecule is COC(=O)/C=C(/C(=O)OC)C1C2CC3CC(C2)CC1C3. The second-order valence-electron chi connectivity index (χ2n) is 6.57. The second-order valence-corrected chi connectivity index (χ2v) is 6.57. The van der Waals surface area contributed by atoms with Gasteiger partial charge in [-0.3, -0.25) is 0 Å². The van der Waals surface area contributed by atoms with E-state index in [1.165, 1.54) is 52.4 Å². The summed E-state index contributed by atoms with van der Waals surface area (Å²) in [5.41, 5.74) is 0.535. The van der Waals surface area contributed by atoms with E-state index >= 15 is 0 Å². The van der Waals surface area contributed by atoms with Gasteiger partial charge in [0.2, 0.25) is 0 Å². The van der Waals surface area contributed by atoms with Crippen LogP contribution in [0, 0.1) is 29.6 Å². The van der Waals surface area contributed by atoms with Crippen molar-refractivity contribution < 1.29 is 19.1 Å². The summed E-state index contributed by atoms with van der Waals surface area (Å²) < 4.78 is 9.59. The molecule has 0 unspecified atom stereocenters. The molecule has 0 heterocycles. The summed E-state index contributed by atoms with van der Waals surface area (Å²) in [6, 6.07) is 0. The molecule has 4 fully saturated rings. The highest BCUT2D eigenvalue weighted by atomic mass is 16.5. The molecular weight excluding hydrogens is 256 g/mol. The molecule has 0 aliphatic heterocycles. The molecule has 0 aromatic heterocycles. The van der Waals surface area contributed by atoms with Crippen LogP contribution in [0.25, 0.3) is 0 Å². The maximum Gasteiger partial charge on any atom is 0.334 e. The van der Waals surface area contributed by atoms with Gasteiger partial charge in [-0.15, -0.1) is 0 Å². The number of hydrogen-bond acceptors (Lipinski definition) is 4. The Kier molecular flexibility index (Phi) is 3.57. The fraction of sp³-hybridized carbons (Fsp3) is 0.750. The molecule has 20 heavy (non-hydrogen) atoms. The zero-order chi connectivity index (χ0) is 14.3. The largest absolute Gasteiger partial charge is 0.466 e. The van der Waals surface area contributed by atoms with E-state index in [9.17, 15) is 9.59 Å². The molecular formula is C16H22O4. The average molecular weight is 278 g/mol. The smallest absolute Gasteiger partial charge is 0.334 e. The van der Waals surface area contributed by atoms with Crippen molar-refractivity contribution in [2.45, 2.75) is 32.1 Å². The normalized spacial score (nSPS) is 38.7. The van der Waals surface area contributed by atoms with Crippen LogP contribution in [0.1, 0.15) is 32.1 Å². The number of rotatable bonds is 3. The lowest BCUT2D eigenvalue weighted by Gasteiger charge is -2.54. The highest BCUT2D eigenvalue weighted by molar-refractivity contribution is 5.96. The van der Waals surface area contributed by atoms with Crippen molar-refractivity contribution in [3.63, 3.8) is 0 Å². The molecule has 0 atom stereocenters. The molecule has 4 bridgehead atoms. The Bertz CT molecular complexity index is 423. The lowest BCUT2D eigenvalue weighted by Crippen LogP contribution is -2.46. The summed E-state index contributed by atoms with van der Waals surface area (Å²) in [6.07, 6.45) is 7.54. The van der Waals surface area contributed by atoms with E-state index in [0.717, 1.165) is 11.8 Å².